The van der Waals surface area contributed by atoms with Crippen LogP contribution in [0.5, 0.6) is 0 Å². The van der Waals surface area contributed by atoms with E-state index in [1.54, 1.807) is 18.2 Å². The maximum Gasteiger partial charge on any atom is 0.242 e. The van der Waals surface area contributed by atoms with Gasteiger partial charge in [-0.1, -0.05) is 38.2 Å². The molecule has 0 atom stereocenters. The number of fused-ring (bicyclic) bond motifs is 1. The molecule has 1 amide bonds. The molecule has 2 aromatic rings. The van der Waals surface area contributed by atoms with Gasteiger partial charge in [0.25, 0.3) is 0 Å². The molecule has 31 heavy (non-hydrogen) atoms. The number of amides is 1. The number of nitrogens with one attached hydrogen (secondary N) is 2. The minimum atomic E-state index is -3.64. The number of sulfonamides is 1. The predicted octanol–water partition coefficient (Wildman–Crippen LogP) is 4.01. The second kappa shape index (κ2) is 10.4. The third-order valence-electron chi connectivity index (χ3n) is 6.77. The number of nitrogens with zero attached hydrogens (tertiary/aromatic N) is 2. The van der Waals surface area contributed by atoms with Gasteiger partial charge in [-0.05, 0) is 56.6 Å². The van der Waals surface area contributed by atoms with Crippen molar-refractivity contribution in [1.82, 2.24) is 18.8 Å². The average molecular weight is 465 g/mol. The Labute approximate surface area is 188 Å². The van der Waals surface area contributed by atoms with Gasteiger partial charge in [0, 0.05) is 18.5 Å². The third-order valence-corrected chi connectivity index (χ3v) is 8.77. The minimum absolute atomic E-state index is 0.0631. The SMILES string of the molecule is O=C(NC1CCCCCCC1)C1CCC(CNS(=O)(=O)c2cccc3nsnc23)CC1. The number of carbonyl (C=O) groups excluding carboxylic acids is 1. The fraction of sp³-hybridized carbons (Fsp3) is 0.682. The Morgan fingerprint density at radius 2 is 1.68 bits per heavy atom. The summed E-state index contributed by atoms with van der Waals surface area (Å²) in [5.74, 6) is 0.522. The molecule has 2 aliphatic rings. The summed E-state index contributed by atoms with van der Waals surface area (Å²) in [6, 6.07) is 5.36. The van der Waals surface area contributed by atoms with Gasteiger partial charge in [0.1, 0.15) is 15.9 Å². The molecule has 1 aromatic heterocycles. The first kappa shape index (κ1) is 22.6. The lowest BCUT2D eigenvalue weighted by Gasteiger charge is -2.30. The van der Waals surface area contributed by atoms with Gasteiger partial charge in [0.15, 0.2) is 0 Å². The highest BCUT2D eigenvalue weighted by Gasteiger charge is 2.29. The molecule has 2 aliphatic carbocycles. The molecular formula is C22H32N4O3S2. The highest BCUT2D eigenvalue weighted by atomic mass is 32.2. The monoisotopic (exact) mass is 464 g/mol. The maximum atomic E-state index is 12.8. The fourth-order valence-corrected chi connectivity index (χ4v) is 6.73. The van der Waals surface area contributed by atoms with Gasteiger partial charge in [0.2, 0.25) is 15.9 Å². The lowest BCUT2D eigenvalue weighted by atomic mass is 9.81. The van der Waals surface area contributed by atoms with Crippen LogP contribution in [0, 0.1) is 11.8 Å². The van der Waals surface area contributed by atoms with Crippen LogP contribution < -0.4 is 10.0 Å². The smallest absolute Gasteiger partial charge is 0.242 e. The molecule has 170 valence electrons. The van der Waals surface area contributed by atoms with Crippen molar-refractivity contribution in [3.63, 3.8) is 0 Å². The standard InChI is InChI=1S/C22H32N4O3S2/c27-22(24-18-7-4-2-1-3-5-8-18)17-13-11-16(12-14-17)15-23-31(28,29)20-10-6-9-19-21(20)26-30-25-19/h6,9-10,16-18,23H,1-5,7-8,11-15H2,(H,24,27). The molecule has 0 unspecified atom stereocenters. The van der Waals surface area contributed by atoms with E-state index in [2.05, 4.69) is 18.8 Å². The minimum Gasteiger partial charge on any atom is -0.353 e. The summed E-state index contributed by atoms with van der Waals surface area (Å²) < 4.78 is 36.6. The van der Waals surface area contributed by atoms with Crippen LogP contribution in [-0.4, -0.2) is 35.7 Å². The maximum absolute atomic E-state index is 12.8. The molecule has 4 rings (SSSR count). The summed E-state index contributed by atoms with van der Waals surface area (Å²) in [5.41, 5.74) is 1.03. The Morgan fingerprint density at radius 3 is 2.42 bits per heavy atom. The van der Waals surface area contributed by atoms with E-state index in [1.807, 2.05) is 0 Å². The Kier molecular flexibility index (Phi) is 7.55. The molecule has 9 heteroatoms. The van der Waals surface area contributed by atoms with Crippen LogP contribution in [0.15, 0.2) is 23.1 Å². The highest BCUT2D eigenvalue weighted by Crippen LogP contribution is 2.30. The molecule has 2 fully saturated rings. The summed E-state index contributed by atoms with van der Waals surface area (Å²) in [5, 5.41) is 3.30. The van der Waals surface area contributed by atoms with Gasteiger partial charge >= 0.3 is 0 Å². The summed E-state index contributed by atoms with van der Waals surface area (Å²) in [6.07, 6.45) is 11.9. The lowest BCUT2D eigenvalue weighted by Crippen LogP contribution is -2.41. The van der Waals surface area contributed by atoms with Crippen molar-refractivity contribution < 1.29 is 13.2 Å². The number of benzene rings is 1. The highest BCUT2D eigenvalue weighted by molar-refractivity contribution is 7.89. The van der Waals surface area contributed by atoms with Gasteiger partial charge in [-0.3, -0.25) is 4.79 Å². The van der Waals surface area contributed by atoms with Crippen LogP contribution >= 0.6 is 11.7 Å². The second-order valence-corrected chi connectivity index (χ2v) is 11.3. The molecular weight excluding hydrogens is 432 g/mol. The second-order valence-electron chi connectivity index (χ2n) is 9.01. The van der Waals surface area contributed by atoms with Crippen LogP contribution in [0.4, 0.5) is 0 Å². The van der Waals surface area contributed by atoms with E-state index in [0.29, 0.717) is 23.6 Å². The Balaban J connectivity index is 1.25. The zero-order valence-electron chi connectivity index (χ0n) is 17.9. The largest absolute Gasteiger partial charge is 0.353 e. The molecule has 0 radical (unpaired) electrons. The van der Waals surface area contributed by atoms with E-state index in [4.69, 9.17) is 0 Å². The first-order valence-electron chi connectivity index (χ1n) is 11.5. The van der Waals surface area contributed by atoms with E-state index in [1.165, 1.54) is 32.1 Å². The van der Waals surface area contributed by atoms with Gasteiger partial charge < -0.3 is 5.32 Å². The van der Waals surface area contributed by atoms with Crippen molar-refractivity contribution in [2.24, 2.45) is 11.8 Å². The summed E-state index contributed by atoms with van der Waals surface area (Å²) in [4.78, 5) is 12.9. The Bertz CT molecular complexity index is 976. The topological polar surface area (TPSA) is 101 Å². The van der Waals surface area contributed by atoms with Crippen molar-refractivity contribution in [3.8, 4) is 0 Å². The molecule has 2 saturated carbocycles. The first-order valence-corrected chi connectivity index (χ1v) is 13.8. The van der Waals surface area contributed by atoms with E-state index in [0.717, 1.165) is 50.3 Å². The summed E-state index contributed by atoms with van der Waals surface area (Å²) >= 11 is 1.02. The van der Waals surface area contributed by atoms with Crippen molar-refractivity contribution in [1.29, 1.82) is 0 Å². The Morgan fingerprint density at radius 1 is 0.968 bits per heavy atom. The molecule has 7 nitrogen and oxygen atoms in total. The molecule has 0 aliphatic heterocycles. The van der Waals surface area contributed by atoms with Crippen molar-refractivity contribution in [3.05, 3.63) is 18.2 Å². The number of carbonyl (C=O) groups is 1. The van der Waals surface area contributed by atoms with Crippen LogP contribution in [0.25, 0.3) is 11.0 Å². The number of rotatable bonds is 6. The van der Waals surface area contributed by atoms with Gasteiger partial charge in [-0.25, -0.2) is 13.1 Å². The number of hydrogen-bond acceptors (Lipinski definition) is 6. The van der Waals surface area contributed by atoms with Gasteiger partial charge in [-0.2, -0.15) is 8.75 Å². The van der Waals surface area contributed by atoms with Crippen LogP contribution in [0.3, 0.4) is 0 Å². The molecule has 0 spiro atoms. The van der Waals surface area contributed by atoms with Crippen molar-refractivity contribution in [2.75, 3.05) is 6.54 Å². The van der Waals surface area contributed by atoms with E-state index >= 15 is 0 Å². The molecule has 2 N–H and O–H groups in total. The average Bonchev–Trinajstić information content (AvgIpc) is 3.23. The Hall–Kier alpha value is -1.58. The van der Waals surface area contributed by atoms with Gasteiger partial charge in [-0.15, -0.1) is 0 Å². The van der Waals surface area contributed by atoms with E-state index < -0.39 is 10.0 Å². The van der Waals surface area contributed by atoms with Gasteiger partial charge in [0.05, 0.1) is 11.7 Å². The fourth-order valence-electron chi connectivity index (χ4n) is 4.85. The van der Waals surface area contributed by atoms with Crippen LogP contribution in [0.2, 0.25) is 0 Å². The molecule has 1 heterocycles. The third kappa shape index (κ3) is 5.81. The quantitative estimate of drug-likeness (QED) is 0.673. The summed E-state index contributed by atoms with van der Waals surface area (Å²) in [7, 11) is -3.64. The molecule has 0 bridgehead atoms. The lowest BCUT2D eigenvalue weighted by molar-refractivity contribution is -0.127. The summed E-state index contributed by atoms with van der Waals surface area (Å²) in [6.45, 7) is 0.396. The molecule has 1 aromatic carbocycles. The van der Waals surface area contributed by atoms with Crippen molar-refractivity contribution in [2.45, 2.75) is 81.6 Å². The normalized spacial score (nSPS) is 23.9. The zero-order valence-corrected chi connectivity index (χ0v) is 19.5. The number of hydrogen-bond donors (Lipinski definition) is 2. The molecule has 0 saturated heterocycles. The van der Waals surface area contributed by atoms with Crippen LogP contribution in [-0.2, 0) is 14.8 Å². The van der Waals surface area contributed by atoms with E-state index in [9.17, 15) is 13.2 Å². The van der Waals surface area contributed by atoms with Crippen LogP contribution in [0.1, 0.15) is 70.6 Å². The predicted molar refractivity (Wildman–Crippen MR) is 122 cm³/mol. The first-order chi connectivity index (χ1) is 15.0. The number of aromatic nitrogens is 2. The van der Waals surface area contributed by atoms with E-state index in [-0.39, 0.29) is 22.6 Å². The van der Waals surface area contributed by atoms with Crippen molar-refractivity contribution >= 4 is 38.7 Å². The zero-order chi connectivity index (χ0) is 21.7.